The summed E-state index contributed by atoms with van der Waals surface area (Å²) in [7, 11) is -1.92. The molecule has 0 saturated heterocycles. The standard InChI is InChI=1S/C24H20FN3O3S2/c1-27-21-11-8-19(25)14-22(21)32-24(27)26-23(29)17-6-9-20(10-7-17)33(30,31)28-13-12-16-4-2-3-5-18(16)15-28/h2-11,14H,12-13,15H2,1H3. The Morgan fingerprint density at radius 3 is 2.52 bits per heavy atom. The van der Waals surface area contributed by atoms with Gasteiger partial charge in [-0.3, -0.25) is 4.79 Å². The van der Waals surface area contributed by atoms with Crippen molar-refractivity contribution in [1.29, 1.82) is 0 Å². The highest BCUT2D eigenvalue weighted by molar-refractivity contribution is 7.89. The summed E-state index contributed by atoms with van der Waals surface area (Å²) in [6.07, 6.45) is 0.668. The topological polar surface area (TPSA) is 71.7 Å². The van der Waals surface area contributed by atoms with Crippen LogP contribution in [0.1, 0.15) is 21.5 Å². The van der Waals surface area contributed by atoms with E-state index in [-0.39, 0.29) is 16.3 Å². The molecule has 0 atom stereocenters. The molecule has 168 valence electrons. The number of aromatic nitrogens is 1. The summed E-state index contributed by atoms with van der Waals surface area (Å²) in [5.74, 6) is -0.843. The highest BCUT2D eigenvalue weighted by atomic mass is 32.2. The summed E-state index contributed by atoms with van der Waals surface area (Å²) >= 11 is 1.21. The summed E-state index contributed by atoms with van der Waals surface area (Å²) in [5, 5.41) is 0. The van der Waals surface area contributed by atoms with Crippen molar-refractivity contribution in [2.75, 3.05) is 6.54 Å². The van der Waals surface area contributed by atoms with Crippen LogP contribution in [0.2, 0.25) is 0 Å². The molecule has 0 aliphatic carbocycles. The van der Waals surface area contributed by atoms with Gasteiger partial charge in [-0.1, -0.05) is 35.6 Å². The zero-order valence-corrected chi connectivity index (χ0v) is 19.4. The van der Waals surface area contributed by atoms with Gasteiger partial charge in [-0.05, 0) is 60.0 Å². The second-order valence-corrected chi connectivity index (χ2v) is 10.8. The molecule has 2 heterocycles. The number of rotatable bonds is 3. The summed E-state index contributed by atoms with van der Waals surface area (Å²) in [6, 6.07) is 18.1. The van der Waals surface area contributed by atoms with E-state index in [1.807, 2.05) is 24.3 Å². The maximum absolute atomic E-state index is 13.5. The number of halogens is 1. The predicted octanol–water partition coefficient (Wildman–Crippen LogP) is 3.87. The average molecular weight is 482 g/mol. The summed E-state index contributed by atoms with van der Waals surface area (Å²) in [6.45, 7) is 0.746. The number of nitrogens with zero attached hydrogens (tertiary/aromatic N) is 3. The molecule has 0 radical (unpaired) electrons. The molecular formula is C24H20FN3O3S2. The lowest BCUT2D eigenvalue weighted by Crippen LogP contribution is -2.35. The van der Waals surface area contributed by atoms with Crippen molar-refractivity contribution < 1.29 is 17.6 Å². The molecule has 0 fully saturated rings. The third kappa shape index (κ3) is 4.03. The first-order valence-corrected chi connectivity index (χ1v) is 12.6. The van der Waals surface area contributed by atoms with Crippen molar-refractivity contribution in [1.82, 2.24) is 8.87 Å². The SMILES string of the molecule is Cn1c(=NC(=O)c2ccc(S(=O)(=O)N3CCc4ccccc4C3)cc2)sc2cc(F)ccc21. The van der Waals surface area contributed by atoms with Crippen molar-refractivity contribution in [3.05, 3.63) is 94.0 Å². The first-order chi connectivity index (χ1) is 15.8. The largest absolute Gasteiger partial charge is 0.319 e. The molecule has 5 rings (SSSR count). The van der Waals surface area contributed by atoms with Gasteiger partial charge in [0.2, 0.25) is 10.0 Å². The molecule has 0 bridgehead atoms. The van der Waals surface area contributed by atoms with Gasteiger partial charge in [-0.15, -0.1) is 0 Å². The van der Waals surface area contributed by atoms with Crippen molar-refractivity contribution in [3.63, 3.8) is 0 Å². The fraction of sp³-hybridized carbons (Fsp3) is 0.167. The summed E-state index contributed by atoms with van der Waals surface area (Å²) in [5.41, 5.74) is 3.23. The molecule has 3 aromatic carbocycles. The Hall–Kier alpha value is -3.14. The van der Waals surface area contributed by atoms with Crippen LogP contribution in [0.4, 0.5) is 4.39 Å². The van der Waals surface area contributed by atoms with Crippen LogP contribution in [0, 0.1) is 5.82 Å². The Balaban J connectivity index is 1.40. The molecule has 33 heavy (non-hydrogen) atoms. The molecule has 6 nitrogen and oxygen atoms in total. The van der Waals surface area contributed by atoms with E-state index in [0.717, 1.165) is 11.1 Å². The van der Waals surface area contributed by atoms with Crippen molar-refractivity contribution >= 4 is 37.5 Å². The second-order valence-electron chi connectivity index (χ2n) is 7.85. The number of aryl methyl sites for hydroxylation is 1. The van der Waals surface area contributed by atoms with E-state index in [1.54, 1.807) is 17.7 Å². The third-order valence-corrected chi connectivity index (χ3v) is 8.76. The van der Waals surface area contributed by atoms with Crippen molar-refractivity contribution in [2.24, 2.45) is 12.0 Å². The number of amides is 1. The number of benzene rings is 3. The first kappa shape index (κ1) is 21.7. The second kappa shape index (κ2) is 8.33. The van der Waals surface area contributed by atoms with Gasteiger partial charge in [0.05, 0.1) is 15.1 Å². The van der Waals surface area contributed by atoms with E-state index in [1.165, 1.54) is 57.6 Å². The predicted molar refractivity (Wildman–Crippen MR) is 125 cm³/mol. The van der Waals surface area contributed by atoms with Crippen LogP contribution in [0.15, 0.2) is 76.6 Å². The van der Waals surface area contributed by atoms with Gasteiger partial charge >= 0.3 is 0 Å². The zero-order valence-electron chi connectivity index (χ0n) is 17.7. The molecule has 0 saturated carbocycles. The van der Waals surface area contributed by atoms with Crippen LogP contribution in [-0.2, 0) is 30.0 Å². The number of carbonyl (C=O) groups is 1. The molecule has 9 heteroatoms. The normalized spacial score (nSPS) is 15.0. The van der Waals surface area contributed by atoms with Crippen LogP contribution < -0.4 is 4.80 Å². The zero-order chi connectivity index (χ0) is 23.2. The van der Waals surface area contributed by atoms with Gasteiger partial charge in [0, 0.05) is 25.7 Å². The van der Waals surface area contributed by atoms with E-state index in [4.69, 9.17) is 0 Å². The van der Waals surface area contributed by atoms with Crippen LogP contribution in [0.3, 0.4) is 0 Å². The molecule has 4 aromatic rings. The number of thiazole rings is 1. The van der Waals surface area contributed by atoms with E-state index < -0.39 is 15.9 Å². The maximum Gasteiger partial charge on any atom is 0.279 e. The number of fused-ring (bicyclic) bond motifs is 2. The fourth-order valence-corrected chi connectivity index (χ4v) is 6.42. The average Bonchev–Trinajstić information content (AvgIpc) is 3.12. The van der Waals surface area contributed by atoms with E-state index in [0.29, 0.717) is 29.0 Å². The van der Waals surface area contributed by atoms with Crippen LogP contribution in [0.25, 0.3) is 10.2 Å². The Kier molecular flexibility index (Phi) is 5.48. The lowest BCUT2D eigenvalue weighted by Gasteiger charge is -2.28. The highest BCUT2D eigenvalue weighted by Crippen LogP contribution is 2.25. The molecule has 0 N–H and O–H groups in total. The first-order valence-electron chi connectivity index (χ1n) is 10.3. The van der Waals surface area contributed by atoms with Crippen LogP contribution in [-0.4, -0.2) is 29.7 Å². The minimum absolute atomic E-state index is 0.140. The lowest BCUT2D eigenvalue weighted by molar-refractivity contribution is 0.0998. The Morgan fingerprint density at radius 1 is 1.03 bits per heavy atom. The summed E-state index contributed by atoms with van der Waals surface area (Å²) in [4.78, 5) is 17.4. The molecule has 0 unspecified atom stereocenters. The number of hydrogen-bond donors (Lipinski definition) is 0. The van der Waals surface area contributed by atoms with Gasteiger partial charge < -0.3 is 4.57 Å². The molecule has 1 aromatic heterocycles. The Labute approximate surface area is 194 Å². The van der Waals surface area contributed by atoms with Crippen molar-refractivity contribution in [2.45, 2.75) is 17.9 Å². The van der Waals surface area contributed by atoms with E-state index in [9.17, 15) is 17.6 Å². The number of carbonyl (C=O) groups excluding carboxylic acids is 1. The third-order valence-electron chi connectivity index (χ3n) is 5.80. The van der Waals surface area contributed by atoms with Gasteiger partial charge in [0.1, 0.15) is 5.82 Å². The maximum atomic E-state index is 13.5. The number of sulfonamides is 1. The summed E-state index contributed by atoms with van der Waals surface area (Å²) < 4.78 is 43.6. The van der Waals surface area contributed by atoms with Gasteiger partial charge in [0.15, 0.2) is 4.80 Å². The van der Waals surface area contributed by atoms with Crippen LogP contribution in [0.5, 0.6) is 0 Å². The van der Waals surface area contributed by atoms with Crippen molar-refractivity contribution in [3.8, 4) is 0 Å². The minimum Gasteiger partial charge on any atom is -0.319 e. The van der Waals surface area contributed by atoms with Gasteiger partial charge in [-0.2, -0.15) is 9.30 Å². The number of hydrogen-bond acceptors (Lipinski definition) is 4. The monoisotopic (exact) mass is 481 g/mol. The molecule has 1 aliphatic heterocycles. The lowest BCUT2D eigenvalue weighted by atomic mass is 10.0. The molecular weight excluding hydrogens is 461 g/mol. The highest BCUT2D eigenvalue weighted by Gasteiger charge is 2.28. The van der Waals surface area contributed by atoms with E-state index >= 15 is 0 Å². The Morgan fingerprint density at radius 2 is 1.76 bits per heavy atom. The minimum atomic E-state index is -3.68. The van der Waals surface area contributed by atoms with E-state index in [2.05, 4.69) is 4.99 Å². The van der Waals surface area contributed by atoms with Gasteiger partial charge in [0.25, 0.3) is 5.91 Å². The van der Waals surface area contributed by atoms with Crippen LogP contribution >= 0.6 is 11.3 Å². The quantitative estimate of drug-likeness (QED) is 0.446. The Bertz CT molecular complexity index is 1550. The fourth-order valence-electron chi connectivity index (χ4n) is 3.96. The molecule has 0 spiro atoms. The smallest absolute Gasteiger partial charge is 0.279 e. The van der Waals surface area contributed by atoms with Gasteiger partial charge in [-0.25, -0.2) is 12.8 Å². The molecule has 1 amide bonds. The molecule has 1 aliphatic rings.